The Labute approximate surface area is 138 Å². The molecule has 0 spiro atoms. The first-order valence-electron chi connectivity index (χ1n) is 7.06. The van der Waals surface area contributed by atoms with Crippen molar-refractivity contribution in [3.63, 3.8) is 0 Å². The number of nitrogens with one attached hydrogen (secondary N) is 1. The average molecular weight is 367 g/mol. The van der Waals surface area contributed by atoms with Crippen LogP contribution in [0.3, 0.4) is 0 Å². The molecule has 0 saturated heterocycles. The van der Waals surface area contributed by atoms with E-state index in [4.69, 9.17) is 16.3 Å². The van der Waals surface area contributed by atoms with Gasteiger partial charge in [-0.05, 0) is 42.3 Å². The lowest BCUT2D eigenvalue weighted by Gasteiger charge is -2.16. The van der Waals surface area contributed by atoms with Crippen LogP contribution in [0.1, 0.15) is 29.7 Å². The Morgan fingerprint density at radius 2 is 2.05 bits per heavy atom. The Morgan fingerprint density at radius 3 is 2.81 bits per heavy atom. The Bertz CT molecular complexity index is 642. The Kier molecular flexibility index (Phi) is 4.53. The van der Waals surface area contributed by atoms with Gasteiger partial charge in [-0.2, -0.15) is 0 Å². The van der Waals surface area contributed by atoms with Crippen molar-refractivity contribution in [1.82, 2.24) is 5.32 Å². The lowest BCUT2D eigenvalue weighted by molar-refractivity contribution is 0.351. The van der Waals surface area contributed by atoms with Crippen molar-refractivity contribution in [2.24, 2.45) is 0 Å². The van der Waals surface area contributed by atoms with Crippen LogP contribution in [-0.2, 0) is 13.0 Å². The van der Waals surface area contributed by atoms with E-state index in [1.165, 1.54) is 11.1 Å². The van der Waals surface area contributed by atoms with Gasteiger partial charge in [0.2, 0.25) is 0 Å². The summed E-state index contributed by atoms with van der Waals surface area (Å²) >= 11 is 9.65. The van der Waals surface area contributed by atoms with Crippen LogP contribution in [0.5, 0.6) is 5.75 Å². The molecule has 2 aromatic carbocycles. The molecule has 1 unspecified atom stereocenters. The molecule has 1 atom stereocenters. The molecule has 0 bridgehead atoms. The van der Waals surface area contributed by atoms with E-state index < -0.39 is 0 Å². The van der Waals surface area contributed by atoms with Gasteiger partial charge in [-0.25, -0.2) is 0 Å². The van der Waals surface area contributed by atoms with E-state index in [9.17, 15) is 0 Å². The largest absolute Gasteiger partial charge is 0.493 e. The van der Waals surface area contributed by atoms with Gasteiger partial charge in [0.05, 0.1) is 6.61 Å². The molecule has 3 rings (SSSR count). The van der Waals surface area contributed by atoms with E-state index in [0.29, 0.717) is 0 Å². The van der Waals surface area contributed by atoms with Gasteiger partial charge >= 0.3 is 0 Å². The van der Waals surface area contributed by atoms with Crippen molar-refractivity contribution in [3.05, 3.63) is 62.6 Å². The van der Waals surface area contributed by atoms with E-state index >= 15 is 0 Å². The number of hydrogen-bond acceptors (Lipinski definition) is 2. The maximum Gasteiger partial charge on any atom is 0.127 e. The summed E-state index contributed by atoms with van der Waals surface area (Å²) in [5.41, 5.74) is 3.62. The van der Waals surface area contributed by atoms with Crippen molar-refractivity contribution in [2.45, 2.75) is 25.9 Å². The predicted molar refractivity (Wildman–Crippen MR) is 90.0 cm³/mol. The van der Waals surface area contributed by atoms with Crippen molar-refractivity contribution < 1.29 is 4.74 Å². The molecule has 4 heteroatoms. The number of fused-ring (bicyclic) bond motifs is 1. The molecule has 2 aromatic rings. The summed E-state index contributed by atoms with van der Waals surface area (Å²) in [4.78, 5) is 0. The van der Waals surface area contributed by atoms with E-state index in [-0.39, 0.29) is 6.04 Å². The van der Waals surface area contributed by atoms with Crippen LogP contribution >= 0.6 is 27.5 Å². The highest BCUT2D eigenvalue weighted by Crippen LogP contribution is 2.33. The molecular weight excluding hydrogens is 350 g/mol. The zero-order valence-electron chi connectivity index (χ0n) is 11.8. The van der Waals surface area contributed by atoms with Crippen LogP contribution in [0.25, 0.3) is 0 Å². The standard InChI is InChI=1S/C17H17BrClNO/c1-11(12-2-4-15(18)5-3-12)20-10-14-9-16(19)8-13-6-7-21-17(13)14/h2-5,8-9,11,20H,6-7,10H2,1H3. The highest BCUT2D eigenvalue weighted by molar-refractivity contribution is 9.10. The quantitative estimate of drug-likeness (QED) is 0.832. The number of rotatable bonds is 4. The summed E-state index contributed by atoms with van der Waals surface area (Å²) in [5, 5.41) is 4.32. The second-order valence-electron chi connectivity index (χ2n) is 5.31. The van der Waals surface area contributed by atoms with Gasteiger partial charge in [0.1, 0.15) is 5.75 Å². The lowest BCUT2D eigenvalue weighted by atomic mass is 10.1. The Hall–Kier alpha value is -1.03. The fourth-order valence-electron chi connectivity index (χ4n) is 2.61. The van der Waals surface area contributed by atoms with Gasteiger partial charge in [0, 0.05) is 34.1 Å². The van der Waals surface area contributed by atoms with Crippen molar-refractivity contribution in [2.75, 3.05) is 6.61 Å². The van der Waals surface area contributed by atoms with Crippen LogP contribution in [0.15, 0.2) is 40.9 Å². The molecule has 0 aliphatic carbocycles. The molecule has 110 valence electrons. The third-order valence-electron chi connectivity index (χ3n) is 3.79. The third-order valence-corrected chi connectivity index (χ3v) is 4.54. The Morgan fingerprint density at radius 1 is 1.29 bits per heavy atom. The predicted octanol–water partition coefficient (Wildman–Crippen LogP) is 4.89. The SMILES string of the molecule is CC(NCc1cc(Cl)cc2c1OCC2)c1ccc(Br)cc1. The summed E-state index contributed by atoms with van der Waals surface area (Å²) in [6, 6.07) is 12.6. The van der Waals surface area contributed by atoms with Gasteiger partial charge in [0.25, 0.3) is 0 Å². The molecule has 1 aliphatic rings. The molecule has 1 heterocycles. The minimum atomic E-state index is 0.272. The second-order valence-corrected chi connectivity index (χ2v) is 6.66. The fraction of sp³-hybridized carbons (Fsp3) is 0.294. The molecule has 0 amide bonds. The zero-order valence-corrected chi connectivity index (χ0v) is 14.2. The van der Waals surface area contributed by atoms with E-state index in [0.717, 1.165) is 40.4 Å². The molecule has 2 nitrogen and oxygen atoms in total. The van der Waals surface area contributed by atoms with Crippen molar-refractivity contribution in [3.8, 4) is 5.75 Å². The number of halogens is 2. The molecule has 1 aliphatic heterocycles. The topological polar surface area (TPSA) is 21.3 Å². The monoisotopic (exact) mass is 365 g/mol. The molecular formula is C17H17BrClNO. The summed E-state index contributed by atoms with van der Waals surface area (Å²) in [7, 11) is 0. The maximum atomic E-state index is 6.19. The normalized spacial score (nSPS) is 14.6. The zero-order chi connectivity index (χ0) is 14.8. The van der Waals surface area contributed by atoms with E-state index in [1.807, 2.05) is 12.1 Å². The van der Waals surface area contributed by atoms with Gasteiger partial charge in [-0.1, -0.05) is 39.7 Å². The van der Waals surface area contributed by atoms with Gasteiger partial charge < -0.3 is 10.1 Å². The first-order valence-corrected chi connectivity index (χ1v) is 8.23. The van der Waals surface area contributed by atoms with Crippen LogP contribution in [0.2, 0.25) is 5.02 Å². The number of benzene rings is 2. The van der Waals surface area contributed by atoms with Crippen LogP contribution < -0.4 is 10.1 Å². The summed E-state index contributed by atoms with van der Waals surface area (Å²) < 4.78 is 6.83. The molecule has 21 heavy (non-hydrogen) atoms. The summed E-state index contributed by atoms with van der Waals surface area (Å²) in [6.07, 6.45) is 0.950. The molecule has 0 radical (unpaired) electrons. The van der Waals surface area contributed by atoms with Crippen molar-refractivity contribution >= 4 is 27.5 Å². The molecule has 0 saturated carbocycles. The maximum absolute atomic E-state index is 6.19. The third kappa shape index (κ3) is 3.42. The highest BCUT2D eigenvalue weighted by atomic mass is 79.9. The van der Waals surface area contributed by atoms with Crippen molar-refractivity contribution in [1.29, 1.82) is 0 Å². The van der Waals surface area contributed by atoms with E-state index in [2.05, 4.69) is 52.4 Å². The smallest absolute Gasteiger partial charge is 0.127 e. The van der Waals surface area contributed by atoms with Gasteiger partial charge in [0.15, 0.2) is 0 Å². The van der Waals surface area contributed by atoms with E-state index in [1.54, 1.807) is 0 Å². The van der Waals surface area contributed by atoms with Crippen LogP contribution in [-0.4, -0.2) is 6.61 Å². The Balaban J connectivity index is 1.72. The van der Waals surface area contributed by atoms with Gasteiger partial charge in [-0.15, -0.1) is 0 Å². The second kappa shape index (κ2) is 6.39. The number of hydrogen-bond donors (Lipinski definition) is 1. The van der Waals surface area contributed by atoms with Gasteiger partial charge in [-0.3, -0.25) is 0 Å². The highest BCUT2D eigenvalue weighted by Gasteiger charge is 2.18. The molecule has 0 aromatic heterocycles. The number of ether oxygens (including phenoxy) is 1. The minimum absolute atomic E-state index is 0.272. The van der Waals surface area contributed by atoms with Crippen LogP contribution in [0, 0.1) is 0 Å². The fourth-order valence-corrected chi connectivity index (χ4v) is 3.14. The van der Waals surface area contributed by atoms with Crippen LogP contribution in [0.4, 0.5) is 0 Å². The molecule has 0 fully saturated rings. The first kappa shape index (κ1) is 14.9. The minimum Gasteiger partial charge on any atom is -0.493 e. The molecule has 1 N–H and O–H groups in total. The lowest BCUT2D eigenvalue weighted by Crippen LogP contribution is -2.18. The summed E-state index contributed by atoms with van der Waals surface area (Å²) in [6.45, 7) is 3.67. The summed E-state index contributed by atoms with van der Waals surface area (Å²) in [5.74, 6) is 1.01. The average Bonchev–Trinajstić information content (AvgIpc) is 2.93. The first-order chi connectivity index (χ1) is 10.1.